The molecule has 3 aromatic carbocycles. The van der Waals surface area contributed by atoms with Crippen LogP contribution in [0.2, 0.25) is 36.3 Å². The van der Waals surface area contributed by atoms with Crippen LogP contribution >= 0.6 is 0 Å². The number of ether oxygens (including phenoxy) is 5. The van der Waals surface area contributed by atoms with Crippen molar-refractivity contribution in [2.45, 2.75) is 148 Å². The molecule has 1 N–H and O–H groups in total. The second-order valence-electron chi connectivity index (χ2n) is 20.4. The Morgan fingerprint density at radius 1 is 0.848 bits per heavy atom. The van der Waals surface area contributed by atoms with Gasteiger partial charge in [0.05, 0.1) is 25.1 Å². The van der Waals surface area contributed by atoms with E-state index in [1.165, 1.54) is 20.8 Å². The van der Waals surface area contributed by atoms with E-state index < -0.39 is 65.1 Å². The van der Waals surface area contributed by atoms with Crippen molar-refractivity contribution >= 4 is 73.2 Å². The minimum absolute atomic E-state index is 0.00419. The summed E-state index contributed by atoms with van der Waals surface area (Å²) in [7, 11) is -4.43. The highest BCUT2D eigenvalue weighted by molar-refractivity contribution is 6.74. The third kappa shape index (κ3) is 9.77. The summed E-state index contributed by atoms with van der Waals surface area (Å²) >= 11 is 0. The quantitative estimate of drug-likeness (QED) is 0.0367. The fourth-order valence-corrected chi connectivity index (χ4v) is 10.7. The van der Waals surface area contributed by atoms with Crippen LogP contribution in [0.15, 0.2) is 67.5 Å². The zero-order valence-electron chi connectivity index (χ0n) is 40.5. The van der Waals surface area contributed by atoms with Gasteiger partial charge < -0.3 is 37.9 Å². The average Bonchev–Trinajstić information content (AvgIpc) is 3.83. The molecule has 0 radical (unpaired) electrons. The van der Waals surface area contributed by atoms with Gasteiger partial charge in [0.2, 0.25) is 11.8 Å². The number of fused-ring (bicyclic) bond motifs is 6. The lowest BCUT2D eigenvalue weighted by Gasteiger charge is -2.42. The predicted molar refractivity (Wildman–Crippen MR) is 258 cm³/mol. The van der Waals surface area contributed by atoms with E-state index in [9.17, 15) is 14.4 Å². The summed E-state index contributed by atoms with van der Waals surface area (Å²) in [4.78, 5) is 53.5. The highest BCUT2D eigenvalue weighted by Gasteiger charge is 2.51. The molecular weight excluding hydrogens is 875 g/mol. The minimum Gasteiger partial charge on any atom is -0.472 e. The Morgan fingerprint density at radius 2 is 1.48 bits per heavy atom. The molecule has 2 aromatic heterocycles. The summed E-state index contributed by atoms with van der Waals surface area (Å²) in [5, 5.41) is 6.99. The first kappa shape index (κ1) is 48.7. The number of carbonyl (C=O) groups is 3. The molecule has 7 atom stereocenters. The van der Waals surface area contributed by atoms with E-state index >= 15 is 0 Å². The van der Waals surface area contributed by atoms with Crippen LogP contribution in [-0.4, -0.2) is 91.7 Å². The van der Waals surface area contributed by atoms with Crippen LogP contribution < -0.4 is 10.1 Å². The van der Waals surface area contributed by atoms with Crippen molar-refractivity contribution in [1.29, 1.82) is 0 Å². The molecule has 17 heteroatoms. The third-order valence-corrected chi connectivity index (χ3v) is 22.6. The molecule has 0 spiro atoms. The van der Waals surface area contributed by atoms with Gasteiger partial charge in [0.15, 0.2) is 46.1 Å². The van der Waals surface area contributed by atoms with Crippen molar-refractivity contribution in [3.63, 3.8) is 0 Å². The van der Waals surface area contributed by atoms with Crippen molar-refractivity contribution < 1.29 is 46.9 Å². The summed E-state index contributed by atoms with van der Waals surface area (Å²) < 4.78 is 46.9. The van der Waals surface area contributed by atoms with Gasteiger partial charge in [-0.25, -0.2) is 4.98 Å². The summed E-state index contributed by atoms with van der Waals surface area (Å²) in [5.41, 5.74) is 1.99. The second kappa shape index (κ2) is 18.5. The van der Waals surface area contributed by atoms with Crippen LogP contribution in [0.5, 0.6) is 5.88 Å². The standard InChI is InChI=1S/C49H65N5O10Si2/c1-15-24-58-46-41-45(54(27-50-41)37-25-35(64-66(13,14)49(8,9)10)36(63-37)26-59-65(11,12)48(5,6)7)52-47(53-46)51-40-39-34(23-22-32-21-20-31-18-16-17-19-33(31)38(32)39)42(60-28(2)55)44(62-30(4)57)43(40)61-29(3)56/h15-23,27,35-37,40,42-44H,1,24-26H2,2-14H3,(H,51,52,53)/t35-,36+,37+,40+,42-,43+,44+/m0/s1. The summed E-state index contributed by atoms with van der Waals surface area (Å²) in [5.74, 6) is -1.66. The van der Waals surface area contributed by atoms with Crippen molar-refractivity contribution in [3.8, 4) is 5.88 Å². The van der Waals surface area contributed by atoms with Crippen molar-refractivity contribution in [3.05, 3.63) is 78.6 Å². The largest absolute Gasteiger partial charge is 0.472 e. The summed E-state index contributed by atoms with van der Waals surface area (Å²) in [6.07, 6.45) is -1.07. The van der Waals surface area contributed by atoms with E-state index in [4.69, 9.17) is 47.5 Å². The van der Waals surface area contributed by atoms with E-state index in [1.807, 2.05) is 53.1 Å². The lowest BCUT2D eigenvalue weighted by molar-refractivity contribution is -0.187. The Hall–Kier alpha value is -5.21. The number of nitrogens with zero attached hydrogens (tertiary/aromatic N) is 4. The topological polar surface area (TPSA) is 171 Å². The van der Waals surface area contributed by atoms with Crippen LogP contribution in [0, 0.1) is 0 Å². The number of hydrogen-bond donors (Lipinski definition) is 1. The third-order valence-electron chi connectivity index (χ3n) is 13.6. The molecule has 5 aromatic rings. The smallest absolute Gasteiger partial charge is 0.303 e. The molecule has 0 bridgehead atoms. The Morgan fingerprint density at radius 3 is 2.14 bits per heavy atom. The Labute approximate surface area is 389 Å². The second-order valence-corrected chi connectivity index (χ2v) is 29.9. The van der Waals surface area contributed by atoms with Gasteiger partial charge in [0.25, 0.3) is 0 Å². The van der Waals surface area contributed by atoms with Gasteiger partial charge in [-0.05, 0) is 63.4 Å². The molecule has 0 amide bonds. The highest BCUT2D eigenvalue weighted by Crippen LogP contribution is 2.49. The molecule has 15 nitrogen and oxygen atoms in total. The monoisotopic (exact) mass is 939 g/mol. The maximum absolute atomic E-state index is 13.1. The van der Waals surface area contributed by atoms with E-state index in [0.717, 1.165) is 21.5 Å². The number of anilines is 1. The van der Waals surface area contributed by atoms with Crippen LogP contribution in [0.1, 0.15) is 98.2 Å². The van der Waals surface area contributed by atoms with E-state index in [2.05, 4.69) is 79.6 Å². The molecule has 7 rings (SSSR count). The first-order valence-corrected chi connectivity index (χ1v) is 28.4. The Balaban J connectivity index is 1.39. The van der Waals surface area contributed by atoms with Gasteiger partial charge in [-0.3, -0.25) is 19.0 Å². The minimum atomic E-state index is -2.27. The average molecular weight is 940 g/mol. The lowest BCUT2D eigenvalue weighted by Crippen LogP contribution is -2.50. The number of carbonyl (C=O) groups excluding carboxylic acids is 3. The van der Waals surface area contributed by atoms with Gasteiger partial charge in [-0.15, -0.1) is 0 Å². The number of nitrogens with one attached hydrogen (secondary N) is 1. The molecule has 1 aliphatic carbocycles. The van der Waals surface area contributed by atoms with Crippen molar-refractivity contribution in [2.75, 3.05) is 18.5 Å². The van der Waals surface area contributed by atoms with Crippen LogP contribution in [0.25, 0.3) is 32.7 Å². The van der Waals surface area contributed by atoms with Crippen LogP contribution in [0.3, 0.4) is 0 Å². The van der Waals surface area contributed by atoms with Gasteiger partial charge >= 0.3 is 17.9 Å². The van der Waals surface area contributed by atoms with E-state index in [1.54, 1.807) is 12.4 Å². The number of hydrogen-bond acceptors (Lipinski definition) is 14. The number of esters is 3. The fourth-order valence-electron chi connectivity index (χ4n) is 8.29. The molecule has 354 valence electrons. The van der Waals surface area contributed by atoms with E-state index in [-0.39, 0.29) is 40.7 Å². The van der Waals surface area contributed by atoms with Gasteiger partial charge in [0.1, 0.15) is 18.9 Å². The first-order chi connectivity index (χ1) is 30.9. The first-order valence-electron chi connectivity index (χ1n) is 22.6. The molecule has 3 heterocycles. The molecule has 66 heavy (non-hydrogen) atoms. The zero-order valence-corrected chi connectivity index (χ0v) is 42.5. The molecule has 1 fully saturated rings. The van der Waals surface area contributed by atoms with Gasteiger partial charge in [-0.1, -0.05) is 103 Å². The number of benzene rings is 3. The van der Waals surface area contributed by atoms with Gasteiger partial charge in [-0.2, -0.15) is 9.97 Å². The highest BCUT2D eigenvalue weighted by atomic mass is 28.4. The predicted octanol–water partition coefficient (Wildman–Crippen LogP) is 10.0. The normalized spacial score (nSPS) is 22.5. The van der Waals surface area contributed by atoms with Crippen molar-refractivity contribution in [1.82, 2.24) is 19.5 Å². The number of imidazole rings is 1. The lowest BCUT2D eigenvalue weighted by atomic mass is 9.77. The number of rotatable bonds is 14. The fraction of sp³-hybridized carbons (Fsp3) is 0.510. The Kier molecular flexibility index (Phi) is 13.6. The van der Waals surface area contributed by atoms with Crippen molar-refractivity contribution in [2.24, 2.45) is 0 Å². The zero-order chi connectivity index (χ0) is 48.1. The van der Waals surface area contributed by atoms with E-state index in [0.29, 0.717) is 35.3 Å². The molecule has 1 aliphatic heterocycles. The summed E-state index contributed by atoms with van der Waals surface area (Å²) in [6.45, 7) is 30.4. The Bertz CT molecular complexity index is 2650. The number of aromatic nitrogens is 4. The molecular formula is C49H65N5O10Si2. The molecule has 0 saturated carbocycles. The molecule has 2 aliphatic rings. The van der Waals surface area contributed by atoms with Gasteiger partial charge in [0, 0.05) is 32.8 Å². The molecule has 0 unspecified atom stereocenters. The SMILES string of the molecule is C=CCOc1nc(N[C@@H]2c3c(ccc4ccc5ccccc5c34)[C@H](OC(C)=O)[C@@H](OC(C)=O)[C@@H]2OC(C)=O)nc2c1ncn2[C@H]1C[C@H](O[Si](C)(C)C(C)(C)C)[C@@H](CO[Si](C)(C)C(C)(C)C)O1. The maximum Gasteiger partial charge on any atom is 0.303 e. The molecule has 1 saturated heterocycles. The van der Waals surface area contributed by atoms with Crippen LogP contribution in [0.4, 0.5) is 5.95 Å². The summed E-state index contributed by atoms with van der Waals surface area (Å²) in [6, 6.07) is 14.7. The maximum atomic E-state index is 13.1. The van der Waals surface area contributed by atoms with Crippen LogP contribution in [-0.2, 0) is 42.2 Å².